The van der Waals surface area contributed by atoms with E-state index in [1.807, 2.05) is 0 Å². The van der Waals surface area contributed by atoms with Crippen molar-refractivity contribution in [3.8, 4) is 0 Å². The van der Waals surface area contributed by atoms with Gasteiger partial charge in [0.15, 0.2) is 0 Å². The largest absolute Gasteiger partial charge is 2.00 e. The van der Waals surface area contributed by atoms with Crippen LogP contribution in [0, 0.1) is 0 Å². The van der Waals surface area contributed by atoms with Gasteiger partial charge in [0.05, 0.1) is 0 Å². The standard InChI is InChI=1S/5Ca.3H3O4P.H2O.Ti/c;;;;;3*1-5(2,3)4;;/h;;;;;3*(H3,1,2,3,4);1H2;/q5*+2;;;;;/p-10. The van der Waals surface area contributed by atoms with Gasteiger partial charge in [0, 0.05) is 21.7 Å². The van der Waals surface area contributed by atoms with Crippen LogP contribution in [-0.2, 0) is 35.4 Å². The Hall–Kier alpha value is 7.30. The predicted molar refractivity (Wildman–Crippen MR) is 53.5 cm³/mol. The van der Waals surface area contributed by atoms with Crippen LogP contribution in [0.25, 0.3) is 0 Å². The molecule has 0 amide bonds. The number of hydrogen-bond acceptors (Lipinski definition) is 13. The van der Waals surface area contributed by atoms with Crippen molar-refractivity contribution < 1.29 is 84.9 Å². The monoisotopic (exact) mass is 550 g/mol. The van der Waals surface area contributed by atoms with Crippen LogP contribution in [0.15, 0.2) is 0 Å². The summed E-state index contributed by atoms with van der Waals surface area (Å²) in [6.45, 7) is 0. The Bertz CT molecular complexity index is 220. The quantitative estimate of drug-likeness (QED) is 0.200. The molecule has 0 heterocycles. The number of phosphoric acid groups is 3. The summed E-state index contributed by atoms with van der Waals surface area (Å²) >= 11 is 0. The Labute approximate surface area is 289 Å². The molecule has 0 spiro atoms. The molecule has 108 valence electrons. The van der Waals surface area contributed by atoms with E-state index in [9.17, 15) is 0 Å². The van der Waals surface area contributed by atoms with Crippen LogP contribution >= 0.6 is 23.5 Å². The predicted octanol–water partition coefficient (Wildman–Crippen LogP) is -10.6. The van der Waals surface area contributed by atoms with E-state index in [1.54, 1.807) is 0 Å². The first-order valence-electron chi connectivity index (χ1n) is 2.19. The van der Waals surface area contributed by atoms with Crippen LogP contribution in [0.2, 0.25) is 0 Å². The van der Waals surface area contributed by atoms with E-state index >= 15 is 0 Å². The van der Waals surface area contributed by atoms with E-state index in [0.717, 1.165) is 0 Å². The van der Waals surface area contributed by atoms with Crippen molar-refractivity contribution in [2.24, 2.45) is 0 Å². The van der Waals surface area contributed by atoms with E-state index in [2.05, 4.69) is 0 Å². The molecule has 0 aliphatic rings. The second-order valence-electron chi connectivity index (χ2n) is 1.34. The minimum atomic E-state index is -5.39. The molecule has 0 saturated heterocycles. The summed E-state index contributed by atoms with van der Waals surface area (Å²) in [5.74, 6) is 0. The topological polar surface area (TPSA) is 289 Å². The summed E-state index contributed by atoms with van der Waals surface area (Å²) in [6.07, 6.45) is 0. The van der Waals surface area contributed by atoms with Crippen LogP contribution < -0.4 is 44.0 Å². The Morgan fingerprint density at radius 3 is 0.409 bits per heavy atom. The van der Waals surface area contributed by atoms with E-state index in [0.29, 0.717) is 0 Å². The van der Waals surface area contributed by atoms with Crippen LogP contribution in [0.3, 0.4) is 0 Å². The summed E-state index contributed by atoms with van der Waals surface area (Å²) < 4.78 is 25.6. The minimum Gasteiger partial charge on any atom is -0.870 e. The van der Waals surface area contributed by atoms with E-state index in [-0.39, 0.29) is 216 Å². The molecule has 0 atom stereocenters. The first-order chi connectivity index (χ1) is 6.00. The molecule has 13 nitrogen and oxygen atoms in total. The van der Waals surface area contributed by atoms with Gasteiger partial charge in [-0.05, 0) is 0 Å². The third-order valence-electron chi connectivity index (χ3n) is 0. The van der Waals surface area contributed by atoms with E-state index < -0.39 is 23.5 Å². The first-order valence-corrected chi connectivity index (χ1v) is 6.57. The van der Waals surface area contributed by atoms with Crippen LogP contribution in [0.1, 0.15) is 0 Å². The first kappa shape index (κ1) is 63.0. The van der Waals surface area contributed by atoms with E-state index in [4.69, 9.17) is 57.7 Å². The molecule has 0 unspecified atom stereocenters. The van der Waals surface area contributed by atoms with Crippen LogP contribution in [0.4, 0.5) is 0 Å². The van der Waals surface area contributed by atoms with Crippen LogP contribution in [-0.4, -0.2) is 194 Å². The van der Waals surface area contributed by atoms with Gasteiger partial charge in [-0.2, -0.15) is 23.5 Å². The van der Waals surface area contributed by atoms with Gasteiger partial charge in [0.1, 0.15) is 0 Å². The smallest absolute Gasteiger partial charge is 0.870 e. The van der Waals surface area contributed by atoms with Gasteiger partial charge in [0.25, 0.3) is 0 Å². The number of rotatable bonds is 0. The Balaban J connectivity index is -0.0000000106. The fraction of sp³-hybridized carbons (Fsp3) is 0. The minimum absolute atomic E-state index is 0. The van der Waals surface area contributed by atoms with Gasteiger partial charge in [-0.1, -0.05) is 0 Å². The molecule has 0 aromatic rings. The zero-order valence-electron chi connectivity index (χ0n) is 10.7. The van der Waals surface area contributed by atoms with Gasteiger partial charge in [-0.25, -0.2) is 0 Å². The zero-order chi connectivity index (χ0) is 13.5. The second kappa shape index (κ2) is 33.0. The maximum atomic E-state index is 8.55. The second-order valence-corrected chi connectivity index (χ2v) is 4.02. The molecule has 0 rings (SSSR count). The van der Waals surface area contributed by atoms with Gasteiger partial charge >= 0.3 is 189 Å². The molecule has 0 aliphatic carbocycles. The SMILES string of the molecule is O=P([O-])([O-])[O-].O=P([O-])([O-])[O-].O=P([O-])([O-])[O-].[Ca+2].[Ca+2].[Ca+2].[Ca+2].[Ca+2].[OH-].[Ti]. The van der Waals surface area contributed by atoms with Gasteiger partial charge in [-0.3, -0.25) is 0 Å². The Morgan fingerprint density at radius 2 is 0.409 bits per heavy atom. The summed E-state index contributed by atoms with van der Waals surface area (Å²) in [5.41, 5.74) is 0. The maximum Gasteiger partial charge on any atom is 2.00 e. The van der Waals surface area contributed by atoms with Crippen molar-refractivity contribution in [2.75, 3.05) is 0 Å². The third kappa shape index (κ3) is 354. The Kier molecular flexibility index (Phi) is 94.4. The molecule has 22 heavy (non-hydrogen) atoms. The zero-order valence-corrected chi connectivity index (χ0v) is 26.0. The third-order valence-corrected chi connectivity index (χ3v) is 0. The summed E-state index contributed by atoms with van der Waals surface area (Å²) in [4.78, 5) is 76.9. The van der Waals surface area contributed by atoms with Crippen molar-refractivity contribution in [1.29, 1.82) is 0 Å². The van der Waals surface area contributed by atoms with Crippen LogP contribution in [0.5, 0.6) is 0 Å². The summed E-state index contributed by atoms with van der Waals surface area (Å²) in [7, 11) is -16.2. The molecule has 22 heteroatoms. The fourth-order valence-electron chi connectivity index (χ4n) is 0. The van der Waals surface area contributed by atoms with Crippen molar-refractivity contribution in [2.45, 2.75) is 0 Å². The molecule has 0 aromatic carbocycles. The fourth-order valence-corrected chi connectivity index (χ4v) is 0. The average molecular weight is 550 g/mol. The summed E-state index contributed by atoms with van der Waals surface area (Å²) in [5, 5.41) is 0. The van der Waals surface area contributed by atoms with E-state index in [1.165, 1.54) is 0 Å². The summed E-state index contributed by atoms with van der Waals surface area (Å²) in [6, 6.07) is 0. The average Bonchev–Trinajstić information content (AvgIpc) is 1.41. The maximum absolute atomic E-state index is 8.55. The van der Waals surface area contributed by atoms with Gasteiger partial charge < -0.3 is 63.2 Å². The van der Waals surface area contributed by atoms with Crippen molar-refractivity contribution in [3.05, 3.63) is 0 Å². The van der Waals surface area contributed by atoms with Crippen molar-refractivity contribution >= 4 is 212 Å². The normalized spacial score (nSPS) is 8.05. The van der Waals surface area contributed by atoms with Gasteiger partial charge in [0.2, 0.25) is 0 Å². The molecule has 0 fully saturated rings. The molecule has 0 saturated carbocycles. The number of hydrogen-bond donors (Lipinski definition) is 0. The molecular formula is HCa5O13P3Ti. The molecule has 1 N–H and O–H groups in total. The van der Waals surface area contributed by atoms with Gasteiger partial charge in [-0.15, -0.1) is 0 Å². The molecular weight excluding hydrogens is 549 g/mol. The molecule has 0 aromatic heterocycles. The van der Waals surface area contributed by atoms with Crippen molar-refractivity contribution in [1.82, 2.24) is 0 Å². The molecule has 0 aliphatic heterocycles. The Morgan fingerprint density at radius 1 is 0.409 bits per heavy atom. The van der Waals surface area contributed by atoms with Crippen molar-refractivity contribution in [3.63, 3.8) is 0 Å². The molecule has 0 radical (unpaired) electrons. The molecule has 0 bridgehead atoms.